The van der Waals surface area contributed by atoms with Crippen LogP contribution in [0.3, 0.4) is 0 Å². The van der Waals surface area contributed by atoms with Crippen molar-refractivity contribution < 1.29 is 23.5 Å². The average Bonchev–Trinajstić information content (AvgIpc) is 3.46. The maximum atomic E-state index is 13.1. The predicted molar refractivity (Wildman–Crippen MR) is 119 cm³/mol. The first-order valence-corrected chi connectivity index (χ1v) is 11.6. The Balaban J connectivity index is 1.37. The molecule has 0 bridgehead atoms. The molecule has 10 heteroatoms. The highest BCUT2D eigenvalue weighted by molar-refractivity contribution is 7.15. The summed E-state index contributed by atoms with van der Waals surface area (Å²) in [7, 11) is 0. The summed E-state index contributed by atoms with van der Waals surface area (Å²) in [6, 6.07) is 3.12. The smallest absolute Gasteiger partial charge is 0.410 e. The fourth-order valence-corrected chi connectivity index (χ4v) is 5.03. The van der Waals surface area contributed by atoms with E-state index in [1.165, 1.54) is 17.6 Å². The number of rotatable bonds is 4. The molecule has 3 heterocycles. The number of carbonyl (C=O) groups excluding carboxylic acids is 3. The SMILES string of the molecule is CC(C)(C)OC(=O)N1CCC(NC(=O)C2CCCc3sc(NC(=O)c4ccco4)nc32)C1. The van der Waals surface area contributed by atoms with Crippen LogP contribution in [-0.4, -0.2) is 52.5 Å². The van der Waals surface area contributed by atoms with E-state index in [0.717, 1.165) is 23.4 Å². The number of thiazole rings is 1. The third-order valence-corrected chi connectivity index (χ3v) is 6.47. The van der Waals surface area contributed by atoms with Crippen LogP contribution in [-0.2, 0) is 16.0 Å². The molecular formula is C22H28N4O5S. The average molecular weight is 461 g/mol. The monoisotopic (exact) mass is 460 g/mol. The van der Waals surface area contributed by atoms with E-state index in [-0.39, 0.29) is 35.6 Å². The number of ether oxygens (including phenoxy) is 1. The Bertz CT molecular complexity index is 995. The molecule has 172 valence electrons. The molecule has 2 aliphatic rings. The first-order valence-electron chi connectivity index (χ1n) is 10.8. The largest absolute Gasteiger partial charge is 0.459 e. The standard InChI is InChI=1S/C22H28N4O5S/c1-22(2,3)31-21(29)26-10-9-13(12-26)23-18(27)14-6-4-8-16-17(14)24-20(32-16)25-19(28)15-7-5-11-30-15/h5,7,11,13-14H,4,6,8-10,12H2,1-3H3,(H,23,27)(H,24,25,28). The van der Waals surface area contributed by atoms with Crippen molar-refractivity contribution in [2.75, 3.05) is 18.4 Å². The van der Waals surface area contributed by atoms with Gasteiger partial charge < -0.3 is 19.4 Å². The lowest BCUT2D eigenvalue weighted by atomic mass is 9.90. The van der Waals surface area contributed by atoms with E-state index in [1.807, 2.05) is 20.8 Å². The van der Waals surface area contributed by atoms with Crippen LogP contribution in [0.25, 0.3) is 0 Å². The molecule has 9 nitrogen and oxygen atoms in total. The van der Waals surface area contributed by atoms with E-state index in [4.69, 9.17) is 9.15 Å². The highest BCUT2D eigenvalue weighted by atomic mass is 32.1. The van der Waals surface area contributed by atoms with Gasteiger partial charge in [-0.25, -0.2) is 9.78 Å². The molecule has 0 aromatic carbocycles. The molecule has 1 saturated heterocycles. The molecule has 2 unspecified atom stereocenters. The quantitative estimate of drug-likeness (QED) is 0.722. The molecule has 2 N–H and O–H groups in total. The fourth-order valence-electron chi connectivity index (χ4n) is 3.97. The van der Waals surface area contributed by atoms with Gasteiger partial charge in [0.2, 0.25) is 5.91 Å². The van der Waals surface area contributed by atoms with Crippen LogP contribution in [0.15, 0.2) is 22.8 Å². The molecular weight excluding hydrogens is 432 g/mol. The maximum absolute atomic E-state index is 13.1. The van der Waals surface area contributed by atoms with E-state index in [2.05, 4.69) is 15.6 Å². The van der Waals surface area contributed by atoms with E-state index in [1.54, 1.807) is 17.0 Å². The maximum Gasteiger partial charge on any atom is 0.410 e. The first-order chi connectivity index (χ1) is 15.2. The number of likely N-dealkylation sites (tertiary alicyclic amines) is 1. The number of hydrogen-bond donors (Lipinski definition) is 2. The van der Waals surface area contributed by atoms with Crippen molar-refractivity contribution >= 4 is 34.4 Å². The van der Waals surface area contributed by atoms with Crippen molar-refractivity contribution in [3.8, 4) is 0 Å². The minimum Gasteiger partial charge on any atom is -0.459 e. The van der Waals surface area contributed by atoms with Crippen molar-refractivity contribution in [3.63, 3.8) is 0 Å². The zero-order valence-electron chi connectivity index (χ0n) is 18.5. The van der Waals surface area contributed by atoms with Crippen molar-refractivity contribution in [1.29, 1.82) is 0 Å². The third kappa shape index (κ3) is 5.12. The summed E-state index contributed by atoms with van der Waals surface area (Å²) >= 11 is 1.40. The highest BCUT2D eigenvalue weighted by Crippen LogP contribution is 2.37. The lowest BCUT2D eigenvalue weighted by Gasteiger charge is -2.25. The summed E-state index contributed by atoms with van der Waals surface area (Å²) in [5.41, 5.74) is 0.182. The van der Waals surface area contributed by atoms with Crippen molar-refractivity contribution in [1.82, 2.24) is 15.2 Å². The molecule has 0 saturated carbocycles. The van der Waals surface area contributed by atoms with Crippen LogP contribution in [0, 0.1) is 0 Å². The van der Waals surface area contributed by atoms with E-state index >= 15 is 0 Å². The molecule has 4 rings (SSSR count). The van der Waals surface area contributed by atoms with Crippen LogP contribution in [0.4, 0.5) is 9.93 Å². The van der Waals surface area contributed by atoms with E-state index in [9.17, 15) is 14.4 Å². The number of nitrogens with one attached hydrogen (secondary N) is 2. The number of anilines is 1. The van der Waals surface area contributed by atoms with Gasteiger partial charge in [0.15, 0.2) is 10.9 Å². The molecule has 2 aromatic heterocycles. The lowest BCUT2D eigenvalue weighted by molar-refractivity contribution is -0.123. The second kappa shape index (κ2) is 8.93. The van der Waals surface area contributed by atoms with Crippen molar-refractivity contribution in [3.05, 3.63) is 34.7 Å². The molecule has 1 fully saturated rings. The van der Waals surface area contributed by atoms with Crippen LogP contribution in [0.1, 0.15) is 67.1 Å². The summed E-state index contributed by atoms with van der Waals surface area (Å²) in [6.45, 7) is 6.48. The Morgan fingerprint density at radius 3 is 2.81 bits per heavy atom. The van der Waals surface area contributed by atoms with Gasteiger partial charge in [0, 0.05) is 24.0 Å². The molecule has 3 amide bonds. The summed E-state index contributed by atoms with van der Waals surface area (Å²) in [5.74, 6) is -0.602. The topological polar surface area (TPSA) is 114 Å². The zero-order chi connectivity index (χ0) is 22.9. The van der Waals surface area contributed by atoms with E-state index < -0.39 is 5.60 Å². The Labute approximate surface area is 190 Å². The number of nitrogens with zero attached hydrogens (tertiary/aromatic N) is 2. The van der Waals surface area contributed by atoms with Crippen molar-refractivity contribution in [2.45, 2.75) is 64.0 Å². The lowest BCUT2D eigenvalue weighted by Crippen LogP contribution is -2.42. The Morgan fingerprint density at radius 1 is 1.28 bits per heavy atom. The molecule has 0 spiro atoms. The second-order valence-electron chi connectivity index (χ2n) is 9.12. The van der Waals surface area contributed by atoms with Gasteiger partial charge in [-0.05, 0) is 58.6 Å². The van der Waals surface area contributed by atoms with Gasteiger partial charge in [-0.3, -0.25) is 14.9 Å². The Morgan fingerprint density at radius 2 is 2.09 bits per heavy atom. The van der Waals surface area contributed by atoms with Crippen LogP contribution in [0.2, 0.25) is 0 Å². The summed E-state index contributed by atoms with van der Waals surface area (Å²) in [4.78, 5) is 44.8. The molecule has 2 aromatic rings. The number of fused-ring (bicyclic) bond motifs is 1. The molecule has 1 aliphatic carbocycles. The summed E-state index contributed by atoms with van der Waals surface area (Å²) in [6.07, 6.45) is 4.19. The number of hydrogen-bond acceptors (Lipinski definition) is 7. The number of aromatic nitrogens is 1. The van der Waals surface area contributed by atoms with Crippen molar-refractivity contribution in [2.24, 2.45) is 0 Å². The van der Waals surface area contributed by atoms with Gasteiger partial charge in [0.1, 0.15) is 5.60 Å². The minimum atomic E-state index is -0.550. The number of amides is 3. The highest BCUT2D eigenvalue weighted by Gasteiger charge is 2.35. The van der Waals surface area contributed by atoms with Crippen LogP contribution in [0.5, 0.6) is 0 Å². The minimum absolute atomic E-state index is 0.0869. The third-order valence-electron chi connectivity index (χ3n) is 5.42. The number of carbonyl (C=O) groups is 3. The van der Waals surface area contributed by atoms with Gasteiger partial charge in [0.05, 0.1) is 17.9 Å². The fraction of sp³-hybridized carbons (Fsp3) is 0.545. The van der Waals surface area contributed by atoms with Crippen LogP contribution < -0.4 is 10.6 Å². The molecule has 32 heavy (non-hydrogen) atoms. The Hall–Kier alpha value is -2.88. The number of furan rings is 1. The molecule has 2 atom stereocenters. The van der Waals surface area contributed by atoms with Gasteiger partial charge in [-0.2, -0.15) is 0 Å². The predicted octanol–water partition coefficient (Wildman–Crippen LogP) is 3.53. The van der Waals surface area contributed by atoms with Gasteiger partial charge in [-0.1, -0.05) is 0 Å². The van der Waals surface area contributed by atoms with Gasteiger partial charge in [0.25, 0.3) is 5.91 Å². The normalized spacial score (nSPS) is 20.5. The first kappa shape index (κ1) is 22.3. The van der Waals surface area contributed by atoms with Gasteiger partial charge >= 0.3 is 6.09 Å². The zero-order valence-corrected chi connectivity index (χ0v) is 19.3. The van der Waals surface area contributed by atoms with Gasteiger partial charge in [-0.15, -0.1) is 11.3 Å². The summed E-state index contributed by atoms with van der Waals surface area (Å²) < 4.78 is 10.5. The van der Waals surface area contributed by atoms with E-state index in [0.29, 0.717) is 31.1 Å². The Kier molecular flexibility index (Phi) is 6.23. The molecule has 0 radical (unpaired) electrons. The summed E-state index contributed by atoms with van der Waals surface area (Å²) in [5, 5.41) is 6.31. The molecule has 1 aliphatic heterocycles. The van der Waals surface area contributed by atoms with Crippen LogP contribution >= 0.6 is 11.3 Å². The second-order valence-corrected chi connectivity index (χ2v) is 10.2. The number of aryl methyl sites for hydroxylation is 1.